The Hall–Kier alpha value is -2.12. The second kappa shape index (κ2) is 9.89. The molecule has 0 spiro atoms. The first kappa shape index (κ1) is 20.6. The molecule has 0 bridgehead atoms. The molecule has 2 aliphatic rings. The number of hydrogen-bond donors (Lipinski definition) is 0. The van der Waals surface area contributed by atoms with E-state index in [0.29, 0.717) is 0 Å². The number of ether oxygens (including phenoxy) is 3. The lowest BCUT2D eigenvalue weighted by molar-refractivity contribution is -0.145. The zero-order chi connectivity index (χ0) is 19.8. The second-order valence-electron chi connectivity index (χ2n) is 7.21. The predicted molar refractivity (Wildman–Crippen MR) is 106 cm³/mol. The van der Waals surface area contributed by atoms with Crippen molar-refractivity contribution in [3.8, 4) is 5.75 Å². The summed E-state index contributed by atoms with van der Waals surface area (Å²) in [5.74, 6) is 0.351. The zero-order valence-electron chi connectivity index (χ0n) is 16.8. The van der Waals surface area contributed by atoms with Crippen LogP contribution in [-0.4, -0.2) is 69.2 Å². The fourth-order valence-electron chi connectivity index (χ4n) is 4.19. The van der Waals surface area contributed by atoms with Crippen molar-refractivity contribution >= 4 is 11.7 Å². The van der Waals surface area contributed by atoms with E-state index < -0.39 is 5.97 Å². The van der Waals surface area contributed by atoms with Crippen LogP contribution in [0.4, 0.5) is 0 Å². The third kappa shape index (κ3) is 4.64. The number of methoxy groups -OCH3 is 2. The van der Waals surface area contributed by atoms with Crippen molar-refractivity contribution < 1.29 is 23.8 Å². The highest BCUT2D eigenvalue weighted by Crippen LogP contribution is 2.38. The number of carbonyl (C=O) groups excluding carboxylic acids is 1. The molecule has 1 saturated carbocycles. The minimum Gasteiger partial charge on any atom is -0.497 e. The quantitative estimate of drug-likeness (QED) is 0.405. The van der Waals surface area contributed by atoms with Gasteiger partial charge >= 0.3 is 5.97 Å². The number of hydrogen-bond acceptors (Lipinski definition) is 7. The van der Waals surface area contributed by atoms with Crippen molar-refractivity contribution in [1.82, 2.24) is 4.90 Å². The molecule has 1 saturated heterocycles. The van der Waals surface area contributed by atoms with Crippen molar-refractivity contribution in [2.24, 2.45) is 5.16 Å². The number of carbonyl (C=O) groups is 1. The summed E-state index contributed by atoms with van der Waals surface area (Å²) in [6.07, 6.45) is 5.54. The highest BCUT2D eigenvalue weighted by atomic mass is 16.6. The summed E-state index contributed by atoms with van der Waals surface area (Å²) in [4.78, 5) is 19.5. The van der Waals surface area contributed by atoms with Gasteiger partial charge in [-0.25, -0.2) is 4.79 Å². The molecule has 1 heterocycles. The Balaban J connectivity index is 1.97. The average Bonchev–Trinajstić information content (AvgIpc) is 2.77. The lowest BCUT2D eigenvalue weighted by atomic mass is 9.74. The molecule has 0 atom stereocenters. The third-order valence-electron chi connectivity index (χ3n) is 5.67. The molecule has 1 aliphatic heterocycles. The Labute approximate surface area is 166 Å². The standard InChI is InChI=1S/C21H30N2O5/c1-25-18-8-6-17(7-9-18)20(22-28-16-19(24)26-2)21(10-4-3-5-11-21)23-12-14-27-15-13-23/h6-9H,3-5,10-16H2,1-2H3. The fourth-order valence-corrected chi connectivity index (χ4v) is 4.19. The van der Waals surface area contributed by atoms with Gasteiger partial charge in [0.2, 0.25) is 6.61 Å². The van der Waals surface area contributed by atoms with Gasteiger partial charge in [-0.15, -0.1) is 0 Å². The number of rotatable bonds is 7. The van der Waals surface area contributed by atoms with Gasteiger partial charge in [-0.3, -0.25) is 4.90 Å². The van der Waals surface area contributed by atoms with Crippen LogP contribution in [0.1, 0.15) is 37.7 Å². The zero-order valence-corrected chi connectivity index (χ0v) is 16.8. The maximum Gasteiger partial charge on any atom is 0.346 e. The number of esters is 1. The lowest BCUT2D eigenvalue weighted by Crippen LogP contribution is -2.59. The van der Waals surface area contributed by atoms with Crippen LogP contribution in [-0.2, 0) is 19.1 Å². The summed E-state index contributed by atoms with van der Waals surface area (Å²) in [5, 5.41) is 4.50. The van der Waals surface area contributed by atoms with Gasteiger partial charge in [-0.2, -0.15) is 0 Å². The van der Waals surface area contributed by atoms with Crippen LogP contribution in [0.5, 0.6) is 5.75 Å². The summed E-state index contributed by atoms with van der Waals surface area (Å²) in [6.45, 7) is 2.98. The van der Waals surface area contributed by atoms with Crippen LogP contribution in [0.2, 0.25) is 0 Å². The van der Waals surface area contributed by atoms with Crippen molar-refractivity contribution in [1.29, 1.82) is 0 Å². The largest absolute Gasteiger partial charge is 0.497 e. The molecule has 1 aromatic rings. The van der Waals surface area contributed by atoms with Gasteiger partial charge in [0.15, 0.2) is 0 Å². The van der Waals surface area contributed by atoms with Crippen LogP contribution in [0, 0.1) is 0 Å². The molecule has 7 nitrogen and oxygen atoms in total. The maximum atomic E-state index is 11.5. The van der Waals surface area contributed by atoms with E-state index in [9.17, 15) is 4.79 Å². The first-order valence-corrected chi connectivity index (χ1v) is 9.94. The fraction of sp³-hybridized carbons (Fsp3) is 0.619. The third-order valence-corrected chi connectivity index (χ3v) is 5.67. The first-order chi connectivity index (χ1) is 13.7. The van der Waals surface area contributed by atoms with E-state index in [1.54, 1.807) is 7.11 Å². The van der Waals surface area contributed by atoms with E-state index in [1.807, 2.05) is 24.3 Å². The second-order valence-corrected chi connectivity index (χ2v) is 7.21. The normalized spacial score (nSPS) is 20.4. The molecule has 154 valence electrons. The molecule has 7 heteroatoms. The Bertz CT molecular complexity index is 662. The molecule has 0 radical (unpaired) electrons. The number of oxime groups is 1. The highest BCUT2D eigenvalue weighted by Gasteiger charge is 2.44. The molecule has 0 aromatic heterocycles. The summed E-state index contributed by atoms with van der Waals surface area (Å²) in [5.41, 5.74) is 1.65. The van der Waals surface area contributed by atoms with Gasteiger partial charge in [-0.1, -0.05) is 24.4 Å². The molecule has 0 amide bonds. The molecule has 3 rings (SSSR count). The van der Waals surface area contributed by atoms with E-state index in [1.165, 1.54) is 13.5 Å². The number of morpholine rings is 1. The molecular formula is C21H30N2O5. The van der Waals surface area contributed by atoms with Crippen molar-refractivity contribution in [2.45, 2.75) is 37.6 Å². The summed E-state index contributed by atoms with van der Waals surface area (Å²) < 4.78 is 15.6. The monoisotopic (exact) mass is 390 g/mol. The van der Waals surface area contributed by atoms with Crippen LogP contribution in [0.15, 0.2) is 29.4 Å². The van der Waals surface area contributed by atoms with Gasteiger partial charge in [0.05, 0.1) is 33.0 Å². The van der Waals surface area contributed by atoms with Gasteiger partial charge in [-0.05, 0) is 37.1 Å². The van der Waals surface area contributed by atoms with Gasteiger partial charge in [0.25, 0.3) is 0 Å². The van der Waals surface area contributed by atoms with Gasteiger partial charge in [0.1, 0.15) is 11.5 Å². The number of benzene rings is 1. The molecule has 1 aromatic carbocycles. The van der Waals surface area contributed by atoms with Crippen LogP contribution in [0.3, 0.4) is 0 Å². The first-order valence-electron chi connectivity index (χ1n) is 9.94. The average molecular weight is 390 g/mol. The highest BCUT2D eigenvalue weighted by molar-refractivity contribution is 6.07. The van der Waals surface area contributed by atoms with Crippen LogP contribution < -0.4 is 4.74 Å². The summed E-state index contributed by atoms with van der Waals surface area (Å²) in [6, 6.07) is 7.88. The number of nitrogens with zero attached hydrogens (tertiary/aromatic N) is 2. The minimum atomic E-state index is -0.443. The van der Waals surface area contributed by atoms with E-state index in [2.05, 4.69) is 14.8 Å². The van der Waals surface area contributed by atoms with Crippen molar-refractivity contribution in [3.05, 3.63) is 29.8 Å². The lowest BCUT2D eigenvalue weighted by Gasteiger charge is -2.48. The maximum absolute atomic E-state index is 11.5. The SMILES string of the molecule is COC(=O)CON=C(c1ccc(OC)cc1)C1(N2CCOCC2)CCCCC1. The van der Waals surface area contributed by atoms with Crippen LogP contribution >= 0.6 is 0 Å². The van der Waals surface area contributed by atoms with E-state index in [4.69, 9.17) is 14.3 Å². The van der Waals surface area contributed by atoms with Gasteiger partial charge < -0.3 is 19.0 Å². The van der Waals surface area contributed by atoms with E-state index in [-0.39, 0.29) is 12.1 Å². The topological polar surface area (TPSA) is 69.6 Å². The Kier molecular flexibility index (Phi) is 7.28. The molecule has 0 N–H and O–H groups in total. The van der Waals surface area contributed by atoms with E-state index >= 15 is 0 Å². The smallest absolute Gasteiger partial charge is 0.346 e. The Morgan fingerprint density at radius 2 is 1.79 bits per heavy atom. The van der Waals surface area contributed by atoms with Gasteiger partial charge in [0, 0.05) is 18.7 Å². The minimum absolute atomic E-state index is 0.199. The Morgan fingerprint density at radius 3 is 2.39 bits per heavy atom. The molecule has 0 unspecified atom stereocenters. The van der Waals surface area contributed by atoms with Crippen molar-refractivity contribution in [2.75, 3.05) is 47.1 Å². The van der Waals surface area contributed by atoms with Crippen LogP contribution in [0.25, 0.3) is 0 Å². The Morgan fingerprint density at radius 1 is 1.11 bits per heavy atom. The van der Waals surface area contributed by atoms with Crippen molar-refractivity contribution in [3.63, 3.8) is 0 Å². The van der Waals surface area contributed by atoms with E-state index in [0.717, 1.165) is 69.0 Å². The molecule has 2 fully saturated rings. The predicted octanol–water partition coefficient (Wildman–Crippen LogP) is 2.62. The molecule has 1 aliphatic carbocycles. The molecular weight excluding hydrogens is 360 g/mol. The summed E-state index contributed by atoms with van der Waals surface area (Å²) >= 11 is 0. The summed E-state index contributed by atoms with van der Waals surface area (Å²) in [7, 11) is 3.00. The molecule has 28 heavy (non-hydrogen) atoms.